The average Bonchev–Trinajstić information content (AvgIpc) is 3.40. The van der Waals surface area contributed by atoms with Gasteiger partial charge in [-0.2, -0.15) is 0 Å². The quantitative estimate of drug-likeness (QED) is 0.595. The first kappa shape index (κ1) is 19.2. The monoisotopic (exact) mass is 417 g/mol. The Bertz CT molecular complexity index is 981. The molecule has 2 atom stereocenters. The number of nitrogens with one attached hydrogen (secondary N) is 1. The van der Waals surface area contributed by atoms with Crippen molar-refractivity contribution in [1.82, 2.24) is 24.8 Å². The summed E-state index contributed by atoms with van der Waals surface area (Å²) in [6.45, 7) is 0.726. The maximum Gasteiger partial charge on any atom is 0.170 e. The van der Waals surface area contributed by atoms with Crippen LogP contribution in [-0.2, 0) is 6.54 Å². The smallest absolute Gasteiger partial charge is 0.170 e. The van der Waals surface area contributed by atoms with Gasteiger partial charge in [-0.05, 0) is 61.0 Å². The molecule has 1 N–H and O–H groups in total. The van der Waals surface area contributed by atoms with Crippen molar-refractivity contribution in [3.05, 3.63) is 84.2 Å². The van der Waals surface area contributed by atoms with E-state index in [0.29, 0.717) is 6.04 Å². The summed E-state index contributed by atoms with van der Waals surface area (Å²) in [7, 11) is 0. The summed E-state index contributed by atoms with van der Waals surface area (Å²) in [4.78, 5) is 11.3. The molecule has 3 aromatic rings. The van der Waals surface area contributed by atoms with Crippen LogP contribution in [0.2, 0.25) is 0 Å². The average molecular weight is 418 g/mol. The third-order valence-electron chi connectivity index (χ3n) is 6.36. The Labute approximate surface area is 183 Å². The molecule has 6 heteroatoms. The lowest BCUT2D eigenvalue weighted by atomic mass is 9.94. The van der Waals surface area contributed by atoms with Crippen LogP contribution in [0.3, 0.4) is 0 Å². The molecule has 0 spiro atoms. The first-order valence-corrected chi connectivity index (χ1v) is 11.3. The summed E-state index contributed by atoms with van der Waals surface area (Å²) in [5.41, 5.74) is 3.49. The fourth-order valence-electron chi connectivity index (χ4n) is 4.94. The number of hydrogen-bond donors (Lipinski definition) is 1. The Balaban J connectivity index is 1.54. The van der Waals surface area contributed by atoms with Crippen LogP contribution in [-0.4, -0.2) is 24.5 Å². The molecule has 5 nitrogen and oxygen atoms in total. The van der Waals surface area contributed by atoms with Crippen LogP contribution in [0.25, 0.3) is 0 Å². The van der Waals surface area contributed by atoms with Crippen molar-refractivity contribution >= 4 is 17.3 Å². The highest BCUT2D eigenvalue weighted by Gasteiger charge is 2.41. The van der Waals surface area contributed by atoms with E-state index in [0.717, 1.165) is 22.9 Å². The molecular formula is C24H27N5S. The van der Waals surface area contributed by atoms with Crippen LogP contribution < -0.4 is 5.32 Å². The van der Waals surface area contributed by atoms with E-state index in [2.05, 4.69) is 55.2 Å². The largest absolute Gasteiger partial charge is 0.352 e. The highest BCUT2D eigenvalue weighted by Crippen LogP contribution is 2.41. The summed E-state index contributed by atoms with van der Waals surface area (Å²) in [5.74, 6) is 0. The molecule has 30 heavy (non-hydrogen) atoms. The summed E-state index contributed by atoms with van der Waals surface area (Å²) in [6, 6.07) is 15.3. The normalized spacial score (nSPS) is 22.3. The number of pyridine rings is 2. The van der Waals surface area contributed by atoms with E-state index in [-0.39, 0.29) is 12.1 Å². The number of nitrogens with zero attached hydrogens (tertiary/aromatic N) is 4. The number of thiocarbonyl (C=S) groups is 1. The molecule has 0 unspecified atom stereocenters. The molecule has 2 fully saturated rings. The minimum atomic E-state index is 0.0209. The van der Waals surface area contributed by atoms with Crippen molar-refractivity contribution in [2.75, 3.05) is 0 Å². The first-order valence-electron chi connectivity index (χ1n) is 10.8. The number of hydrogen-bond acceptors (Lipinski definition) is 3. The third-order valence-corrected chi connectivity index (χ3v) is 6.71. The molecule has 1 aliphatic carbocycles. The van der Waals surface area contributed by atoms with Gasteiger partial charge in [0, 0.05) is 43.1 Å². The second-order valence-corrected chi connectivity index (χ2v) is 8.63. The van der Waals surface area contributed by atoms with Gasteiger partial charge in [-0.3, -0.25) is 9.97 Å². The Morgan fingerprint density at radius 3 is 2.67 bits per heavy atom. The van der Waals surface area contributed by atoms with Gasteiger partial charge < -0.3 is 14.8 Å². The lowest BCUT2D eigenvalue weighted by Crippen LogP contribution is -2.30. The van der Waals surface area contributed by atoms with E-state index in [1.54, 1.807) is 0 Å². The second kappa shape index (κ2) is 8.56. The van der Waals surface area contributed by atoms with E-state index >= 15 is 0 Å². The van der Waals surface area contributed by atoms with Crippen molar-refractivity contribution in [3.63, 3.8) is 0 Å². The molecule has 3 aromatic heterocycles. The molecule has 4 heterocycles. The fourth-order valence-corrected chi connectivity index (χ4v) is 5.24. The number of rotatable bonds is 5. The van der Waals surface area contributed by atoms with Gasteiger partial charge in [-0.1, -0.05) is 31.4 Å². The zero-order valence-electron chi connectivity index (χ0n) is 17.0. The summed E-state index contributed by atoms with van der Waals surface area (Å²) in [6.07, 6.45) is 14.3. The van der Waals surface area contributed by atoms with Gasteiger partial charge in [0.15, 0.2) is 5.11 Å². The molecular weight excluding hydrogens is 390 g/mol. The number of aromatic nitrogens is 3. The molecule has 1 saturated carbocycles. The maximum absolute atomic E-state index is 5.82. The Kier molecular flexibility index (Phi) is 5.49. The van der Waals surface area contributed by atoms with Crippen LogP contribution >= 0.6 is 12.2 Å². The molecule has 2 aliphatic rings. The third kappa shape index (κ3) is 3.72. The van der Waals surface area contributed by atoms with E-state index in [9.17, 15) is 0 Å². The molecule has 154 valence electrons. The molecule has 0 amide bonds. The first-order chi connectivity index (χ1) is 14.8. The van der Waals surface area contributed by atoms with Crippen molar-refractivity contribution in [2.24, 2.45) is 0 Å². The summed E-state index contributed by atoms with van der Waals surface area (Å²) in [5, 5.41) is 4.34. The molecule has 0 radical (unpaired) electrons. The van der Waals surface area contributed by atoms with E-state index in [4.69, 9.17) is 12.2 Å². The Hall–Kier alpha value is -2.73. The van der Waals surface area contributed by atoms with Crippen LogP contribution in [0.5, 0.6) is 0 Å². The lowest BCUT2D eigenvalue weighted by Gasteiger charge is -2.32. The standard InChI is InChI=1S/C24H27N5S/c30-24-27-22(20-11-4-5-14-26-20)23(29(24)17-18-8-6-13-25-16-18)21-12-7-15-28(21)19-9-2-1-3-10-19/h4-8,11-16,19,22-23H,1-3,9-10,17H2,(H,27,30)/t22-,23-/m0/s1. The van der Waals surface area contributed by atoms with Crippen molar-refractivity contribution in [2.45, 2.75) is 56.8 Å². The zero-order valence-corrected chi connectivity index (χ0v) is 17.8. The van der Waals surface area contributed by atoms with Crippen molar-refractivity contribution < 1.29 is 0 Å². The summed E-state index contributed by atoms with van der Waals surface area (Å²) < 4.78 is 2.51. The fraction of sp³-hybridized carbons (Fsp3) is 0.375. The predicted molar refractivity (Wildman–Crippen MR) is 122 cm³/mol. The Morgan fingerprint density at radius 1 is 1.00 bits per heavy atom. The van der Waals surface area contributed by atoms with E-state index < -0.39 is 0 Å². The predicted octanol–water partition coefficient (Wildman–Crippen LogP) is 4.96. The van der Waals surface area contributed by atoms with Crippen LogP contribution in [0.4, 0.5) is 0 Å². The van der Waals surface area contributed by atoms with Gasteiger partial charge in [0.05, 0.1) is 17.8 Å². The van der Waals surface area contributed by atoms with Gasteiger partial charge in [-0.25, -0.2) is 0 Å². The lowest BCUT2D eigenvalue weighted by molar-refractivity contribution is 0.275. The highest BCUT2D eigenvalue weighted by molar-refractivity contribution is 7.80. The molecule has 0 bridgehead atoms. The maximum atomic E-state index is 5.82. The highest BCUT2D eigenvalue weighted by atomic mass is 32.1. The van der Waals surface area contributed by atoms with Gasteiger partial charge in [-0.15, -0.1) is 0 Å². The van der Waals surface area contributed by atoms with Crippen LogP contribution in [0.15, 0.2) is 67.3 Å². The Morgan fingerprint density at radius 2 is 1.90 bits per heavy atom. The SMILES string of the molecule is S=C1N[C@@H](c2ccccn2)[C@H](c2cccn2C2CCCCC2)N1Cc1cccnc1. The molecule has 0 aromatic carbocycles. The van der Waals surface area contributed by atoms with Crippen molar-refractivity contribution in [3.8, 4) is 0 Å². The molecule has 5 rings (SSSR count). The minimum absolute atomic E-state index is 0.0209. The van der Waals surface area contributed by atoms with E-state index in [1.807, 2.05) is 36.8 Å². The van der Waals surface area contributed by atoms with Crippen LogP contribution in [0.1, 0.15) is 67.2 Å². The topological polar surface area (TPSA) is 46.0 Å². The summed E-state index contributed by atoms with van der Waals surface area (Å²) >= 11 is 5.82. The van der Waals surface area contributed by atoms with E-state index in [1.165, 1.54) is 37.8 Å². The molecule has 1 aliphatic heterocycles. The van der Waals surface area contributed by atoms with Gasteiger partial charge in [0.25, 0.3) is 0 Å². The van der Waals surface area contributed by atoms with Crippen molar-refractivity contribution in [1.29, 1.82) is 0 Å². The van der Waals surface area contributed by atoms with Gasteiger partial charge in [0.2, 0.25) is 0 Å². The van der Waals surface area contributed by atoms with Gasteiger partial charge >= 0.3 is 0 Å². The molecule has 1 saturated heterocycles. The zero-order chi connectivity index (χ0) is 20.3. The van der Waals surface area contributed by atoms with Crippen LogP contribution in [0, 0.1) is 0 Å². The minimum Gasteiger partial charge on any atom is -0.352 e. The second-order valence-electron chi connectivity index (χ2n) is 8.25. The van der Waals surface area contributed by atoms with Gasteiger partial charge in [0.1, 0.15) is 0 Å².